The SMILES string of the molecule is COc1ccc(Cl)cc1CN1CCNCCC1C. The number of benzene rings is 1. The van der Waals surface area contributed by atoms with Gasteiger partial charge in [0, 0.05) is 36.3 Å². The van der Waals surface area contributed by atoms with Crippen molar-refractivity contribution in [1.82, 2.24) is 10.2 Å². The van der Waals surface area contributed by atoms with E-state index in [0.717, 1.165) is 37.0 Å². The van der Waals surface area contributed by atoms with Crippen molar-refractivity contribution in [2.24, 2.45) is 0 Å². The van der Waals surface area contributed by atoms with Crippen molar-refractivity contribution < 1.29 is 4.74 Å². The first-order valence-electron chi connectivity index (χ1n) is 6.48. The summed E-state index contributed by atoms with van der Waals surface area (Å²) >= 11 is 6.07. The summed E-state index contributed by atoms with van der Waals surface area (Å²) in [7, 11) is 1.71. The van der Waals surface area contributed by atoms with Crippen LogP contribution in [0, 0.1) is 0 Å². The van der Waals surface area contributed by atoms with Crippen molar-refractivity contribution in [1.29, 1.82) is 0 Å². The molecule has 1 N–H and O–H groups in total. The molecular weight excluding hydrogens is 248 g/mol. The summed E-state index contributed by atoms with van der Waals surface area (Å²) in [5.41, 5.74) is 1.17. The topological polar surface area (TPSA) is 24.5 Å². The van der Waals surface area contributed by atoms with Crippen LogP contribution in [-0.4, -0.2) is 37.7 Å². The first-order chi connectivity index (χ1) is 8.70. The van der Waals surface area contributed by atoms with Gasteiger partial charge in [-0.2, -0.15) is 0 Å². The third-order valence-electron chi connectivity index (χ3n) is 3.55. The van der Waals surface area contributed by atoms with E-state index in [9.17, 15) is 0 Å². The summed E-state index contributed by atoms with van der Waals surface area (Å²) in [5, 5.41) is 4.20. The van der Waals surface area contributed by atoms with Crippen molar-refractivity contribution in [3.05, 3.63) is 28.8 Å². The van der Waals surface area contributed by atoms with E-state index >= 15 is 0 Å². The molecule has 100 valence electrons. The van der Waals surface area contributed by atoms with Gasteiger partial charge in [-0.1, -0.05) is 11.6 Å². The molecular formula is C14H21ClN2O. The molecule has 0 radical (unpaired) electrons. The summed E-state index contributed by atoms with van der Waals surface area (Å²) in [6.45, 7) is 6.39. The van der Waals surface area contributed by atoms with E-state index in [4.69, 9.17) is 16.3 Å². The molecule has 1 aliphatic heterocycles. The van der Waals surface area contributed by atoms with Crippen molar-refractivity contribution in [2.75, 3.05) is 26.7 Å². The zero-order chi connectivity index (χ0) is 13.0. The molecule has 1 aliphatic rings. The van der Waals surface area contributed by atoms with Gasteiger partial charge in [0.25, 0.3) is 0 Å². The fourth-order valence-corrected chi connectivity index (χ4v) is 2.58. The minimum Gasteiger partial charge on any atom is -0.496 e. The Labute approximate surface area is 114 Å². The lowest BCUT2D eigenvalue weighted by molar-refractivity contribution is 0.209. The molecule has 1 aromatic rings. The Balaban J connectivity index is 2.13. The molecule has 0 amide bonds. The molecule has 0 aliphatic carbocycles. The average Bonchev–Trinajstić information content (AvgIpc) is 2.55. The van der Waals surface area contributed by atoms with Crippen molar-refractivity contribution in [3.8, 4) is 5.75 Å². The van der Waals surface area contributed by atoms with E-state index in [1.807, 2.05) is 18.2 Å². The molecule has 0 aromatic heterocycles. The van der Waals surface area contributed by atoms with Crippen molar-refractivity contribution >= 4 is 11.6 Å². The largest absolute Gasteiger partial charge is 0.496 e. The van der Waals surface area contributed by atoms with Gasteiger partial charge >= 0.3 is 0 Å². The molecule has 1 aromatic carbocycles. The van der Waals surface area contributed by atoms with Crippen LogP contribution in [-0.2, 0) is 6.54 Å². The number of hydrogen-bond acceptors (Lipinski definition) is 3. The Kier molecular flexibility index (Phi) is 4.87. The van der Waals surface area contributed by atoms with E-state index in [2.05, 4.69) is 17.1 Å². The monoisotopic (exact) mass is 268 g/mol. The maximum Gasteiger partial charge on any atom is 0.123 e. The second kappa shape index (κ2) is 6.41. The maximum atomic E-state index is 6.07. The fourth-order valence-electron chi connectivity index (χ4n) is 2.39. The van der Waals surface area contributed by atoms with Crippen LogP contribution in [0.25, 0.3) is 0 Å². The summed E-state index contributed by atoms with van der Waals surface area (Å²) in [6, 6.07) is 6.41. The van der Waals surface area contributed by atoms with Gasteiger partial charge in [-0.15, -0.1) is 0 Å². The number of halogens is 1. The van der Waals surface area contributed by atoms with Crippen LogP contribution in [0.2, 0.25) is 5.02 Å². The molecule has 1 saturated heterocycles. The molecule has 4 heteroatoms. The summed E-state index contributed by atoms with van der Waals surface area (Å²) < 4.78 is 5.41. The van der Waals surface area contributed by atoms with Gasteiger partial charge < -0.3 is 10.1 Å². The molecule has 1 heterocycles. The standard InChI is InChI=1S/C14H21ClN2O/c1-11-5-6-16-7-8-17(11)10-12-9-13(15)3-4-14(12)18-2/h3-4,9,11,16H,5-8,10H2,1-2H3. The highest BCUT2D eigenvalue weighted by molar-refractivity contribution is 6.30. The normalized spacial score (nSPS) is 21.6. The highest BCUT2D eigenvalue weighted by Gasteiger charge is 2.18. The number of hydrogen-bond donors (Lipinski definition) is 1. The predicted octanol–water partition coefficient (Wildman–Crippen LogP) is 2.53. The zero-order valence-corrected chi connectivity index (χ0v) is 11.8. The minimum absolute atomic E-state index is 0.587. The van der Waals surface area contributed by atoms with E-state index < -0.39 is 0 Å². The number of nitrogens with zero attached hydrogens (tertiary/aromatic N) is 1. The van der Waals surface area contributed by atoms with Gasteiger partial charge in [-0.3, -0.25) is 4.90 Å². The molecule has 1 atom stereocenters. The molecule has 2 rings (SSSR count). The third kappa shape index (κ3) is 3.37. The van der Waals surface area contributed by atoms with Gasteiger partial charge in [-0.25, -0.2) is 0 Å². The Morgan fingerprint density at radius 1 is 1.44 bits per heavy atom. The Morgan fingerprint density at radius 2 is 2.28 bits per heavy atom. The summed E-state index contributed by atoms with van der Waals surface area (Å²) in [4.78, 5) is 2.48. The first-order valence-corrected chi connectivity index (χ1v) is 6.85. The highest BCUT2D eigenvalue weighted by Crippen LogP contribution is 2.25. The molecule has 3 nitrogen and oxygen atoms in total. The van der Waals surface area contributed by atoms with Gasteiger partial charge in [-0.05, 0) is 38.1 Å². The number of nitrogens with one attached hydrogen (secondary N) is 1. The summed E-state index contributed by atoms with van der Waals surface area (Å²) in [5.74, 6) is 0.920. The number of ether oxygens (including phenoxy) is 1. The second-order valence-electron chi connectivity index (χ2n) is 4.81. The lowest BCUT2D eigenvalue weighted by Gasteiger charge is -2.27. The van der Waals surface area contributed by atoms with Gasteiger partial charge in [0.05, 0.1) is 7.11 Å². The van der Waals surface area contributed by atoms with Crippen molar-refractivity contribution in [3.63, 3.8) is 0 Å². The van der Waals surface area contributed by atoms with Crippen LogP contribution in [0.15, 0.2) is 18.2 Å². The molecule has 0 saturated carbocycles. The van der Waals surface area contributed by atoms with Crippen LogP contribution in [0.5, 0.6) is 5.75 Å². The molecule has 1 fully saturated rings. The maximum absolute atomic E-state index is 6.07. The number of methoxy groups -OCH3 is 1. The fraction of sp³-hybridized carbons (Fsp3) is 0.571. The van der Waals surface area contributed by atoms with E-state index in [1.54, 1.807) is 7.11 Å². The Bertz CT molecular complexity index is 397. The lowest BCUT2D eigenvalue weighted by atomic mass is 10.1. The van der Waals surface area contributed by atoms with E-state index in [-0.39, 0.29) is 0 Å². The zero-order valence-electron chi connectivity index (χ0n) is 11.1. The molecule has 0 bridgehead atoms. The van der Waals surface area contributed by atoms with Crippen LogP contribution in [0.4, 0.5) is 0 Å². The van der Waals surface area contributed by atoms with Gasteiger partial charge in [0.2, 0.25) is 0 Å². The first kappa shape index (κ1) is 13.7. The summed E-state index contributed by atoms with van der Waals surface area (Å²) in [6.07, 6.45) is 1.18. The quantitative estimate of drug-likeness (QED) is 0.912. The third-order valence-corrected chi connectivity index (χ3v) is 3.79. The van der Waals surface area contributed by atoms with Crippen LogP contribution >= 0.6 is 11.6 Å². The molecule has 18 heavy (non-hydrogen) atoms. The Hall–Kier alpha value is -0.770. The van der Waals surface area contributed by atoms with Gasteiger partial charge in [0.1, 0.15) is 5.75 Å². The second-order valence-corrected chi connectivity index (χ2v) is 5.25. The van der Waals surface area contributed by atoms with Crippen molar-refractivity contribution in [2.45, 2.75) is 25.9 Å². The predicted molar refractivity (Wildman–Crippen MR) is 75.4 cm³/mol. The highest BCUT2D eigenvalue weighted by atomic mass is 35.5. The van der Waals surface area contributed by atoms with E-state index in [1.165, 1.54) is 12.0 Å². The molecule has 1 unspecified atom stereocenters. The number of rotatable bonds is 3. The van der Waals surface area contributed by atoms with Crippen LogP contribution in [0.1, 0.15) is 18.9 Å². The molecule has 0 spiro atoms. The van der Waals surface area contributed by atoms with E-state index in [0.29, 0.717) is 6.04 Å². The smallest absolute Gasteiger partial charge is 0.123 e. The van der Waals surface area contributed by atoms with Gasteiger partial charge in [0.15, 0.2) is 0 Å². The minimum atomic E-state index is 0.587. The lowest BCUT2D eigenvalue weighted by Crippen LogP contribution is -2.33. The van der Waals surface area contributed by atoms with Crippen LogP contribution in [0.3, 0.4) is 0 Å². The Morgan fingerprint density at radius 3 is 3.06 bits per heavy atom. The van der Waals surface area contributed by atoms with Crippen LogP contribution < -0.4 is 10.1 Å². The average molecular weight is 269 g/mol.